The van der Waals surface area contributed by atoms with Gasteiger partial charge in [-0.15, -0.1) is 0 Å². The van der Waals surface area contributed by atoms with E-state index in [4.69, 9.17) is 0 Å². The van der Waals surface area contributed by atoms with Crippen LogP contribution in [-0.2, 0) is 17.9 Å². The molecule has 0 saturated carbocycles. The average molecular weight is 326 g/mol. The number of carbonyl (C=O) groups excluding carboxylic acids is 1. The van der Waals surface area contributed by atoms with Gasteiger partial charge in [-0.2, -0.15) is 0 Å². The second-order valence-corrected chi connectivity index (χ2v) is 5.90. The van der Waals surface area contributed by atoms with Gasteiger partial charge in [0.15, 0.2) is 0 Å². The summed E-state index contributed by atoms with van der Waals surface area (Å²) in [6.45, 7) is 6.15. The molecule has 128 valence electrons. The van der Waals surface area contributed by atoms with E-state index in [0.29, 0.717) is 13.1 Å². The average Bonchev–Trinajstić information content (AvgIpc) is 2.63. The molecule has 0 saturated heterocycles. The van der Waals surface area contributed by atoms with Crippen LogP contribution in [0.5, 0.6) is 0 Å². The maximum absolute atomic E-state index is 13.1. The van der Waals surface area contributed by atoms with E-state index >= 15 is 0 Å². The van der Waals surface area contributed by atoms with Crippen LogP contribution in [0.3, 0.4) is 0 Å². The summed E-state index contributed by atoms with van der Waals surface area (Å²) < 4.78 is 0. The van der Waals surface area contributed by atoms with Crippen LogP contribution in [0.1, 0.15) is 31.4 Å². The zero-order valence-electron chi connectivity index (χ0n) is 14.7. The molecular formula is C19H26N4O. The number of hydrogen-bond donors (Lipinski definition) is 0. The van der Waals surface area contributed by atoms with Gasteiger partial charge in [0.2, 0.25) is 5.91 Å². The van der Waals surface area contributed by atoms with Crippen molar-refractivity contribution in [3.8, 4) is 0 Å². The van der Waals surface area contributed by atoms with E-state index in [1.54, 1.807) is 24.8 Å². The Morgan fingerprint density at radius 1 is 0.958 bits per heavy atom. The number of pyridine rings is 2. The highest BCUT2D eigenvalue weighted by Gasteiger charge is 2.26. The summed E-state index contributed by atoms with van der Waals surface area (Å²) in [4.78, 5) is 25.3. The van der Waals surface area contributed by atoms with Gasteiger partial charge < -0.3 is 4.90 Å². The molecule has 5 heteroatoms. The van der Waals surface area contributed by atoms with Crippen molar-refractivity contribution in [3.63, 3.8) is 0 Å². The number of rotatable bonds is 8. The first-order chi connectivity index (χ1) is 11.7. The number of aromatic nitrogens is 2. The molecule has 24 heavy (non-hydrogen) atoms. The molecule has 2 heterocycles. The van der Waals surface area contributed by atoms with Gasteiger partial charge in [0.1, 0.15) is 0 Å². The number of nitrogens with zero attached hydrogens (tertiary/aromatic N) is 4. The Morgan fingerprint density at radius 3 is 1.79 bits per heavy atom. The molecule has 0 radical (unpaired) electrons. The minimum Gasteiger partial charge on any atom is -0.333 e. The topological polar surface area (TPSA) is 49.3 Å². The van der Waals surface area contributed by atoms with Crippen molar-refractivity contribution in [1.82, 2.24) is 19.8 Å². The standard InChI is InChI=1S/C19H26N4O/c1-4-18(22(3)5-2)19(24)23(14-16-6-10-20-11-7-16)15-17-8-12-21-13-9-17/h6-13,18H,4-5,14-15H2,1-3H3. The molecule has 2 aromatic rings. The maximum Gasteiger partial charge on any atom is 0.240 e. The number of amides is 1. The smallest absolute Gasteiger partial charge is 0.240 e. The van der Waals surface area contributed by atoms with Crippen molar-refractivity contribution in [2.75, 3.05) is 13.6 Å². The Morgan fingerprint density at radius 2 is 1.42 bits per heavy atom. The molecule has 0 spiro atoms. The zero-order chi connectivity index (χ0) is 17.4. The van der Waals surface area contributed by atoms with E-state index in [9.17, 15) is 4.79 Å². The molecule has 0 N–H and O–H groups in total. The molecule has 0 aromatic carbocycles. The molecule has 0 aliphatic heterocycles. The van der Waals surface area contributed by atoms with E-state index in [-0.39, 0.29) is 11.9 Å². The lowest BCUT2D eigenvalue weighted by molar-refractivity contribution is -0.138. The summed E-state index contributed by atoms with van der Waals surface area (Å²) in [5.41, 5.74) is 2.17. The molecular weight excluding hydrogens is 300 g/mol. The Hall–Kier alpha value is -2.27. The highest BCUT2D eigenvalue weighted by Crippen LogP contribution is 2.14. The van der Waals surface area contributed by atoms with Crippen LogP contribution < -0.4 is 0 Å². The van der Waals surface area contributed by atoms with Crippen LogP contribution >= 0.6 is 0 Å². The third-order valence-electron chi connectivity index (χ3n) is 4.26. The maximum atomic E-state index is 13.1. The van der Waals surface area contributed by atoms with E-state index in [1.807, 2.05) is 36.2 Å². The summed E-state index contributed by atoms with van der Waals surface area (Å²) in [6, 6.07) is 7.72. The highest BCUT2D eigenvalue weighted by atomic mass is 16.2. The number of carbonyl (C=O) groups is 1. The fraction of sp³-hybridized carbons (Fsp3) is 0.421. The van der Waals surface area contributed by atoms with E-state index in [0.717, 1.165) is 24.1 Å². The molecule has 2 aromatic heterocycles. The van der Waals surface area contributed by atoms with Gasteiger partial charge in [-0.3, -0.25) is 19.7 Å². The third kappa shape index (κ3) is 4.86. The summed E-state index contributed by atoms with van der Waals surface area (Å²) >= 11 is 0. The minimum absolute atomic E-state index is 0.0984. The van der Waals surface area contributed by atoms with E-state index in [2.05, 4.69) is 28.7 Å². The molecule has 0 bridgehead atoms. The SMILES string of the molecule is CCC(C(=O)N(Cc1ccncc1)Cc1ccncc1)N(C)CC. The molecule has 5 nitrogen and oxygen atoms in total. The van der Waals surface area contributed by atoms with Crippen LogP contribution in [0.25, 0.3) is 0 Å². The Balaban J connectivity index is 2.22. The molecule has 1 amide bonds. The second kappa shape index (κ2) is 9.13. The van der Waals surface area contributed by atoms with Crippen LogP contribution in [0.15, 0.2) is 49.1 Å². The van der Waals surface area contributed by atoms with Crippen LogP contribution in [-0.4, -0.2) is 45.3 Å². The summed E-state index contributed by atoms with van der Waals surface area (Å²) in [7, 11) is 2.00. The van der Waals surface area contributed by atoms with Gasteiger partial charge in [-0.1, -0.05) is 13.8 Å². The fourth-order valence-corrected chi connectivity index (χ4v) is 2.73. The lowest BCUT2D eigenvalue weighted by atomic mass is 10.1. The minimum atomic E-state index is -0.0984. The van der Waals surface area contributed by atoms with Crippen LogP contribution in [0.4, 0.5) is 0 Å². The Bertz CT molecular complexity index is 576. The molecule has 0 aliphatic rings. The van der Waals surface area contributed by atoms with Gasteiger partial charge in [0.05, 0.1) is 6.04 Å². The monoisotopic (exact) mass is 326 g/mol. The van der Waals surface area contributed by atoms with E-state index in [1.165, 1.54) is 0 Å². The molecule has 0 aliphatic carbocycles. The van der Waals surface area contributed by atoms with Gasteiger partial charge in [0, 0.05) is 37.9 Å². The first kappa shape index (κ1) is 18.1. The van der Waals surface area contributed by atoms with Crippen molar-refractivity contribution in [2.24, 2.45) is 0 Å². The predicted octanol–water partition coefficient (Wildman–Crippen LogP) is 2.74. The second-order valence-electron chi connectivity index (χ2n) is 5.90. The predicted molar refractivity (Wildman–Crippen MR) is 95.1 cm³/mol. The Labute approximate surface area is 144 Å². The highest BCUT2D eigenvalue weighted by molar-refractivity contribution is 5.81. The quantitative estimate of drug-likeness (QED) is 0.748. The molecule has 1 unspecified atom stereocenters. The van der Waals surface area contributed by atoms with Gasteiger partial charge in [-0.25, -0.2) is 0 Å². The van der Waals surface area contributed by atoms with Crippen LogP contribution in [0, 0.1) is 0 Å². The van der Waals surface area contributed by atoms with Crippen molar-refractivity contribution < 1.29 is 4.79 Å². The van der Waals surface area contributed by atoms with Crippen molar-refractivity contribution in [3.05, 3.63) is 60.2 Å². The lowest BCUT2D eigenvalue weighted by Crippen LogP contribution is -2.46. The summed E-state index contributed by atoms with van der Waals surface area (Å²) in [6.07, 6.45) is 7.85. The van der Waals surface area contributed by atoms with Crippen LogP contribution in [0.2, 0.25) is 0 Å². The van der Waals surface area contributed by atoms with Crippen molar-refractivity contribution in [2.45, 2.75) is 39.4 Å². The molecule has 2 rings (SSSR count). The fourth-order valence-electron chi connectivity index (χ4n) is 2.73. The van der Waals surface area contributed by atoms with Gasteiger partial charge in [-0.05, 0) is 55.4 Å². The zero-order valence-corrected chi connectivity index (χ0v) is 14.7. The van der Waals surface area contributed by atoms with Gasteiger partial charge in [0.25, 0.3) is 0 Å². The molecule has 0 fully saturated rings. The van der Waals surface area contributed by atoms with E-state index < -0.39 is 0 Å². The Kier molecular flexibility index (Phi) is 6.88. The normalized spacial score (nSPS) is 12.2. The lowest BCUT2D eigenvalue weighted by Gasteiger charge is -2.31. The molecule has 1 atom stereocenters. The van der Waals surface area contributed by atoms with Crippen molar-refractivity contribution >= 4 is 5.91 Å². The first-order valence-corrected chi connectivity index (χ1v) is 8.42. The summed E-state index contributed by atoms with van der Waals surface area (Å²) in [5, 5.41) is 0. The summed E-state index contributed by atoms with van der Waals surface area (Å²) in [5.74, 6) is 0.162. The largest absolute Gasteiger partial charge is 0.333 e. The number of hydrogen-bond acceptors (Lipinski definition) is 4. The van der Waals surface area contributed by atoms with Gasteiger partial charge >= 0.3 is 0 Å². The number of likely N-dealkylation sites (N-methyl/N-ethyl adjacent to an activating group) is 1. The van der Waals surface area contributed by atoms with Crippen molar-refractivity contribution in [1.29, 1.82) is 0 Å². The first-order valence-electron chi connectivity index (χ1n) is 8.42. The third-order valence-corrected chi connectivity index (χ3v) is 4.26.